The molecule has 0 aromatic heterocycles. The summed E-state index contributed by atoms with van der Waals surface area (Å²) >= 11 is 2.07. The van der Waals surface area contributed by atoms with Gasteiger partial charge in [0, 0.05) is 11.6 Å². The van der Waals surface area contributed by atoms with Crippen LogP contribution >= 0.6 is 22.6 Å². The van der Waals surface area contributed by atoms with E-state index in [0.717, 1.165) is 5.56 Å². The summed E-state index contributed by atoms with van der Waals surface area (Å²) in [5, 5.41) is 0. The molecule has 96 valence electrons. The van der Waals surface area contributed by atoms with E-state index in [0.29, 0.717) is 17.9 Å². The van der Waals surface area contributed by atoms with E-state index in [2.05, 4.69) is 22.6 Å². The summed E-state index contributed by atoms with van der Waals surface area (Å²) in [5.41, 5.74) is 0.826. The van der Waals surface area contributed by atoms with Gasteiger partial charge in [0.25, 0.3) is 0 Å². The van der Waals surface area contributed by atoms with Crippen LogP contribution in [-0.2, 0) is 16.0 Å². The van der Waals surface area contributed by atoms with Gasteiger partial charge in [-0.2, -0.15) is 0 Å². The zero-order chi connectivity index (χ0) is 13.3. The van der Waals surface area contributed by atoms with Gasteiger partial charge in [-0.15, -0.1) is 0 Å². The molecule has 0 bridgehead atoms. The molecule has 1 heterocycles. The highest BCUT2D eigenvalue weighted by Gasteiger charge is 2.30. The van der Waals surface area contributed by atoms with E-state index in [9.17, 15) is 9.59 Å². The molecular weight excluding hydrogens is 347 g/mol. The normalized spacial score (nSPS) is 16.7. The highest BCUT2D eigenvalue weighted by Crippen LogP contribution is 2.31. The molecule has 5 heteroatoms. The number of halogens is 1. The lowest BCUT2D eigenvalue weighted by molar-refractivity contribution is -0.136. The van der Waals surface area contributed by atoms with Crippen molar-refractivity contribution in [2.24, 2.45) is 0 Å². The molecule has 1 aromatic rings. The lowest BCUT2D eigenvalue weighted by atomic mass is 10.1. The molecule has 1 aliphatic rings. The Labute approximate surface area is 119 Å². The standard InChI is InChI=1S/C13H13IO4/c1-3-13(2,14)12(16)17-9-5-4-8-6-11(15)18-10(8)7-9/h4-5,7H,3,6H2,1-2H3. The Morgan fingerprint density at radius 3 is 2.94 bits per heavy atom. The minimum absolute atomic E-state index is 0.277. The topological polar surface area (TPSA) is 52.6 Å². The van der Waals surface area contributed by atoms with Gasteiger partial charge >= 0.3 is 11.9 Å². The Balaban J connectivity index is 2.15. The molecule has 0 fully saturated rings. The fraction of sp³-hybridized carbons (Fsp3) is 0.385. The molecule has 0 saturated carbocycles. The smallest absolute Gasteiger partial charge is 0.327 e. The van der Waals surface area contributed by atoms with E-state index in [4.69, 9.17) is 9.47 Å². The molecule has 0 spiro atoms. The van der Waals surface area contributed by atoms with Gasteiger partial charge in [0.2, 0.25) is 0 Å². The number of ether oxygens (including phenoxy) is 2. The summed E-state index contributed by atoms with van der Waals surface area (Å²) in [5.74, 6) is 0.317. The van der Waals surface area contributed by atoms with Gasteiger partial charge in [-0.3, -0.25) is 9.59 Å². The molecule has 0 N–H and O–H groups in total. The Morgan fingerprint density at radius 2 is 2.28 bits per heavy atom. The first-order chi connectivity index (χ1) is 8.42. The van der Waals surface area contributed by atoms with Crippen molar-refractivity contribution in [2.45, 2.75) is 30.1 Å². The third-order valence-electron chi connectivity index (χ3n) is 2.90. The van der Waals surface area contributed by atoms with Gasteiger partial charge in [-0.25, -0.2) is 0 Å². The van der Waals surface area contributed by atoms with Crippen molar-refractivity contribution in [3.05, 3.63) is 23.8 Å². The number of hydrogen-bond acceptors (Lipinski definition) is 4. The number of alkyl halides is 1. The molecule has 0 radical (unpaired) electrons. The molecule has 1 unspecified atom stereocenters. The number of carbonyl (C=O) groups excluding carboxylic acids is 2. The highest BCUT2D eigenvalue weighted by molar-refractivity contribution is 14.1. The van der Waals surface area contributed by atoms with Crippen molar-refractivity contribution in [1.82, 2.24) is 0 Å². The van der Waals surface area contributed by atoms with Crippen LogP contribution in [-0.4, -0.2) is 15.4 Å². The quantitative estimate of drug-likeness (QED) is 0.360. The second kappa shape index (κ2) is 4.87. The Kier molecular flexibility index (Phi) is 3.61. The average Bonchev–Trinajstić information content (AvgIpc) is 2.68. The van der Waals surface area contributed by atoms with E-state index in [-0.39, 0.29) is 18.4 Å². The van der Waals surface area contributed by atoms with Crippen LogP contribution in [0.25, 0.3) is 0 Å². The predicted molar refractivity (Wildman–Crippen MR) is 74.1 cm³/mol. The van der Waals surface area contributed by atoms with Crippen LogP contribution in [0.2, 0.25) is 0 Å². The zero-order valence-corrected chi connectivity index (χ0v) is 12.3. The third-order valence-corrected chi connectivity index (χ3v) is 4.10. The van der Waals surface area contributed by atoms with Crippen molar-refractivity contribution in [2.75, 3.05) is 0 Å². The molecule has 2 rings (SSSR count). The van der Waals surface area contributed by atoms with Gasteiger partial charge in [0.15, 0.2) is 0 Å². The van der Waals surface area contributed by atoms with Gasteiger partial charge in [0.1, 0.15) is 14.9 Å². The van der Waals surface area contributed by atoms with Crippen LogP contribution < -0.4 is 9.47 Å². The van der Waals surface area contributed by atoms with Gasteiger partial charge in [0.05, 0.1) is 6.42 Å². The monoisotopic (exact) mass is 360 g/mol. The molecule has 0 aliphatic carbocycles. The molecule has 1 atom stereocenters. The number of rotatable bonds is 3. The summed E-state index contributed by atoms with van der Waals surface area (Å²) < 4.78 is 9.75. The molecule has 1 aromatic carbocycles. The molecule has 4 nitrogen and oxygen atoms in total. The first-order valence-electron chi connectivity index (χ1n) is 5.67. The second-order valence-electron chi connectivity index (χ2n) is 4.36. The van der Waals surface area contributed by atoms with Crippen molar-refractivity contribution >= 4 is 34.5 Å². The van der Waals surface area contributed by atoms with Crippen LogP contribution in [0.15, 0.2) is 18.2 Å². The Hall–Kier alpha value is -1.11. The molecule has 18 heavy (non-hydrogen) atoms. The molecular formula is C13H13IO4. The summed E-state index contributed by atoms with van der Waals surface area (Å²) in [7, 11) is 0. The number of hydrogen-bond donors (Lipinski definition) is 0. The van der Waals surface area contributed by atoms with Crippen molar-refractivity contribution in [3.8, 4) is 11.5 Å². The fourth-order valence-corrected chi connectivity index (χ4v) is 1.62. The minimum Gasteiger partial charge on any atom is -0.426 e. The van der Waals surface area contributed by atoms with Crippen LogP contribution in [0.3, 0.4) is 0 Å². The van der Waals surface area contributed by atoms with E-state index in [1.807, 2.05) is 13.8 Å². The molecule has 0 amide bonds. The number of carbonyl (C=O) groups is 2. The lowest BCUT2D eigenvalue weighted by Gasteiger charge is -2.18. The molecule has 0 saturated heterocycles. The van der Waals surface area contributed by atoms with Gasteiger partial charge in [-0.05, 0) is 19.4 Å². The maximum absolute atomic E-state index is 11.9. The van der Waals surface area contributed by atoms with E-state index in [1.54, 1.807) is 18.2 Å². The average molecular weight is 360 g/mol. The van der Waals surface area contributed by atoms with E-state index in [1.165, 1.54) is 0 Å². The van der Waals surface area contributed by atoms with E-state index >= 15 is 0 Å². The SMILES string of the molecule is CCC(C)(I)C(=O)Oc1ccc2c(c1)OC(=O)C2. The first kappa shape index (κ1) is 13.3. The van der Waals surface area contributed by atoms with Crippen LogP contribution in [0.4, 0.5) is 0 Å². The van der Waals surface area contributed by atoms with Crippen LogP contribution in [0.1, 0.15) is 25.8 Å². The molecule has 1 aliphatic heterocycles. The first-order valence-corrected chi connectivity index (χ1v) is 6.75. The zero-order valence-electron chi connectivity index (χ0n) is 10.2. The van der Waals surface area contributed by atoms with Crippen LogP contribution in [0.5, 0.6) is 11.5 Å². The number of benzene rings is 1. The lowest BCUT2D eigenvalue weighted by Crippen LogP contribution is -2.31. The van der Waals surface area contributed by atoms with Gasteiger partial charge in [-0.1, -0.05) is 35.6 Å². The summed E-state index contributed by atoms with van der Waals surface area (Å²) in [6.45, 7) is 3.75. The Bertz CT molecular complexity index is 508. The third kappa shape index (κ3) is 2.66. The summed E-state index contributed by atoms with van der Waals surface area (Å²) in [4.78, 5) is 23.0. The largest absolute Gasteiger partial charge is 0.426 e. The fourth-order valence-electron chi connectivity index (χ4n) is 1.51. The van der Waals surface area contributed by atoms with Crippen molar-refractivity contribution in [3.63, 3.8) is 0 Å². The van der Waals surface area contributed by atoms with Crippen molar-refractivity contribution < 1.29 is 19.1 Å². The van der Waals surface area contributed by atoms with Crippen molar-refractivity contribution in [1.29, 1.82) is 0 Å². The summed E-state index contributed by atoms with van der Waals surface area (Å²) in [6, 6.07) is 5.01. The second-order valence-corrected chi connectivity index (χ2v) is 6.74. The van der Waals surface area contributed by atoms with E-state index < -0.39 is 3.42 Å². The van der Waals surface area contributed by atoms with Crippen LogP contribution in [0, 0.1) is 0 Å². The minimum atomic E-state index is -0.548. The van der Waals surface area contributed by atoms with Gasteiger partial charge < -0.3 is 9.47 Å². The predicted octanol–water partition coefficient (Wildman–Crippen LogP) is 2.66. The maximum atomic E-state index is 11.9. The Morgan fingerprint density at radius 1 is 1.56 bits per heavy atom. The highest BCUT2D eigenvalue weighted by atomic mass is 127. The maximum Gasteiger partial charge on any atom is 0.327 e. The number of esters is 2. The summed E-state index contributed by atoms with van der Waals surface area (Å²) in [6.07, 6.45) is 0.967. The number of fused-ring (bicyclic) bond motifs is 1.